The molecule has 0 bridgehead atoms. The summed E-state index contributed by atoms with van der Waals surface area (Å²) in [5.41, 5.74) is -0.453. The fourth-order valence-corrected chi connectivity index (χ4v) is 2.69. The smallest absolute Gasteiger partial charge is 0.308 e. The van der Waals surface area contributed by atoms with Crippen molar-refractivity contribution in [1.29, 1.82) is 0 Å². The van der Waals surface area contributed by atoms with Gasteiger partial charge in [0.25, 0.3) is 0 Å². The van der Waals surface area contributed by atoms with E-state index in [9.17, 15) is 9.59 Å². The highest BCUT2D eigenvalue weighted by molar-refractivity contribution is 5.78. The van der Waals surface area contributed by atoms with Gasteiger partial charge in [-0.3, -0.25) is 9.59 Å². The van der Waals surface area contributed by atoms with Crippen LogP contribution in [-0.2, 0) is 9.59 Å². The van der Waals surface area contributed by atoms with Crippen LogP contribution in [-0.4, -0.2) is 28.7 Å². The molecule has 0 radical (unpaired) electrons. The summed E-state index contributed by atoms with van der Waals surface area (Å²) < 4.78 is 0. The van der Waals surface area contributed by atoms with Crippen molar-refractivity contribution in [2.45, 2.75) is 56.7 Å². The van der Waals surface area contributed by atoms with Gasteiger partial charge >= 0.3 is 5.97 Å². The van der Waals surface area contributed by atoms with E-state index in [0.717, 1.165) is 12.8 Å². The molecule has 2 rings (SSSR count). The molecule has 0 aromatic rings. The molecule has 0 spiro atoms. The van der Waals surface area contributed by atoms with E-state index in [0.29, 0.717) is 32.1 Å². The van der Waals surface area contributed by atoms with Gasteiger partial charge in [0.1, 0.15) is 0 Å². The maximum absolute atomic E-state index is 11.9. The number of nitrogens with zero attached hydrogens (tertiary/aromatic N) is 2. The molecule has 0 aromatic heterocycles. The van der Waals surface area contributed by atoms with Crippen molar-refractivity contribution < 1.29 is 14.7 Å². The predicted molar refractivity (Wildman–Crippen MR) is 71.8 cm³/mol. The normalized spacial score (nSPS) is 25.9. The Hall–Kier alpha value is -1.90. The summed E-state index contributed by atoms with van der Waals surface area (Å²) in [7, 11) is 0. The van der Waals surface area contributed by atoms with E-state index in [2.05, 4.69) is 21.5 Å². The van der Waals surface area contributed by atoms with Crippen LogP contribution in [0.4, 0.5) is 0 Å². The van der Waals surface area contributed by atoms with Gasteiger partial charge < -0.3 is 10.4 Å². The number of carboxylic acid groups (broad SMARTS) is 1. The molecular formula is C14H19N3O3. The van der Waals surface area contributed by atoms with Gasteiger partial charge in [-0.2, -0.15) is 10.2 Å². The summed E-state index contributed by atoms with van der Waals surface area (Å²) in [5, 5.41) is 19.8. The molecule has 2 atom stereocenters. The summed E-state index contributed by atoms with van der Waals surface area (Å²) in [6.07, 6.45) is 9.55. The Balaban J connectivity index is 1.73. The molecule has 1 aliphatic carbocycles. The first-order valence-electron chi connectivity index (χ1n) is 6.96. The summed E-state index contributed by atoms with van der Waals surface area (Å²) >= 11 is 0. The third-order valence-corrected chi connectivity index (χ3v) is 3.98. The molecule has 1 amide bonds. The topological polar surface area (TPSA) is 91.1 Å². The molecule has 0 saturated heterocycles. The van der Waals surface area contributed by atoms with Gasteiger partial charge in [-0.1, -0.05) is 6.42 Å². The molecule has 2 unspecified atom stereocenters. The van der Waals surface area contributed by atoms with Crippen molar-refractivity contribution in [3.63, 3.8) is 0 Å². The first-order valence-corrected chi connectivity index (χ1v) is 6.96. The van der Waals surface area contributed by atoms with Crippen molar-refractivity contribution in [1.82, 2.24) is 5.32 Å². The average Bonchev–Trinajstić information content (AvgIpc) is 3.04. The number of carbonyl (C=O) groups excluding carboxylic acids is 1. The zero-order valence-corrected chi connectivity index (χ0v) is 11.3. The van der Waals surface area contributed by atoms with Crippen molar-refractivity contribution in [2.24, 2.45) is 16.1 Å². The number of nitrogens with one attached hydrogen (secondary N) is 1. The van der Waals surface area contributed by atoms with Crippen LogP contribution in [0.5, 0.6) is 0 Å². The quantitative estimate of drug-likeness (QED) is 0.694. The van der Waals surface area contributed by atoms with Gasteiger partial charge in [0, 0.05) is 31.7 Å². The van der Waals surface area contributed by atoms with E-state index in [-0.39, 0.29) is 11.9 Å². The second kappa shape index (κ2) is 6.04. The van der Waals surface area contributed by atoms with E-state index in [1.165, 1.54) is 0 Å². The lowest BCUT2D eigenvalue weighted by atomic mass is 10.0. The molecule has 6 nitrogen and oxygen atoms in total. The van der Waals surface area contributed by atoms with Crippen LogP contribution in [0, 0.1) is 18.3 Å². The van der Waals surface area contributed by atoms with E-state index >= 15 is 0 Å². The number of carboxylic acids is 1. The summed E-state index contributed by atoms with van der Waals surface area (Å²) in [5.74, 6) is 1.14. The first-order chi connectivity index (χ1) is 9.56. The fourth-order valence-electron chi connectivity index (χ4n) is 2.69. The highest BCUT2D eigenvalue weighted by Crippen LogP contribution is 2.37. The molecule has 1 fully saturated rings. The Bertz CT molecular complexity index is 461. The Morgan fingerprint density at radius 1 is 1.35 bits per heavy atom. The number of hydrogen-bond acceptors (Lipinski definition) is 4. The third kappa shape index (κ3) is 3.56. The number of hydrogen-bond donors (Lipinski definition) is 2. The van der Waals surface area contributed by atoms with Crippen molar-refractivity contribution >= 4 is 11.9 Å². The third-order valence-electron chi connectivity index (χ3n) is 3.98. The Kier molecular flexibility index (Phi) is 4.38. The van der Waals surface area contributed by atoms with E-state index in [1.54, 1.807) is 0 Å². The number of amides is 1. The van der Waals surface area contributed by atoms with E-state index in [4.69, 9.17) is 11.5 Å². The lowest BCUT2D eigenvalue weighted by Gasteiger charge is -2.18. The van der Waals surface area contributed by atoms with E-state index < -0.39 is 17.6 Å². The Morgan fingerprint density at radius 3 is 2.70 bits per heavy atom. The summed E-state index contributed by atoms with van der Waals surface area (Å²) in [6.45, 7) is 0. The van der Waals surface area contributed by atoms with Gasteiger partial charge in [-0.05, 0) is 12.8 Å². The number of carbonyl (C=O) groups is 2. The van der Waals surface area contributed by atoms with Crippen LogP contribution in [0.25, 0.3) is 0 Å². The molecular weight excluding hydrogens is 258 g/mol. The molecule has 1 aliphatic heterocycles. The second-order valence-corrected chi connectivity index (χ2v) is 5.44. The van der Waals surface area contributed by atoms with Crippen LogP contribution < -0.4 is 5.32 Å². The van der Waals surface area contributed by atoms with Crippen molar-refractivity contribution in [2.75, 3.05) is 0 Å². The number of terminal acetylenes is 1. The zero-order valence-electron chi connectivity index (χ0n) is 11.3. The van der Waals surface area contributed by atoms with E-state index in [1.807, 2.05) is 0 Å². The molecule has 2 aliphatic rings. The SMILES string of the molecule is C#CCCC1(CCC(=O)NC2CCCC2C(=O)O)N=N1. The fraction of sp³-hybridized carbons (Fsp3) is 0.714. The van der Waals surface area contributed by atoms with Gasteiger partial charge in [0.05, 0.1) is 5.92 Å². The maximum atomic E-state index is 11.9. The molecule has 1 saturated carbocycles. The lowest BCUT2D eigenvalue weighted by Crippen LogP contribution is -2.40. The lowest BCUT2D eigenvalue weighted by molar-refractivity contribution is -0.142. The van der Waals surface area contributed by atoms with Crippen LogP contribution >= 0.6 is 0 Å². The monoisotopic (exact) mass is 277 g/mol. The van der Waals surface area contributed by atoms with Crippen LogP contribution in [0.15, 0.2) is 10.2 Å². The highest BCUT2D eigenvalue weighted by Gasteiger charge is 2.40. The van der Waals surface area contributed by atoms with Crippen LogP contribution in [0.1, 0.15) is 44.9 Å². The minimum Gasteiger partial charge on any atom is -0.481 e. The van der Waals surface area contributed by atoms with Crippen molar-refractivity contribution in [3.05, 3.63) is 0 Å². The molecule has 2 N–H and O–H groups in total. The zero-order chi connectivity index (χ0) is 14.6. The van der Waals surface area contributed by atoms with Gasteiger partial charge in [0.2, 0.25) is 5.91 Å². The van der Waals surface area contributed by atoms with Crippen molar-refractivity contribution in [3.8, 4) is 12.3 Å². The number of aliphatic carboxylic acids is 1. The molecule has 6 heteroatoms. The highest BCUT2D eigenvalue weighted by atomic mass is 16.4. The molecule has 1 heterocycles. The van der Waals surface area contributed by atoms with Gasteiger partial charge in [0.15, 0.2) is 5.66 Å². The first kappa shape index (κ1) is 14.5. The Morgan fingerprint density at radius 2 is 2.10 bits per heavy atom. The minimum absolute atomic E-state index is 0.125. The summed E-state index contributed by atoms with van der Waals surface area (Å²) in [4.78, 5) is 22.9. The predicted octanol–water partition coefficient (Wildman–Crippen LogP) is 1.71. The largest absolute Gasteiger partial charge is 0.481 e. The van der Waals surface area contributed by atoms with Gasteiger partial charge in [-0.25, -0.2) is 0 Å². The maximum Gasteiger partial charge on any atom is 0.308 e. The standard InChI is InChI=1S/C14H19N3O3/c1-2-3-8-14(16-17-14)9-7-12(18)15-11-6-4-5-10(11)13(19)20/h1,10-11H,3-9H2,(H,15,18)(H,19,20). The number of rotatable bonds is 7. The van der Waals surface area contributed by atoms with Gasteiger partial charge in [-0.15, -0.1) is 12.3 Å². The summed E-state index contributed by atoms with van der Waals surface area (Å²) in [6, 6.07) is -0.241. The average molecular weight is 277 g/mol. The minimum atomic E-state index is -0.828. The van der Waals surface area contributed by atoms with Crippen LogP contribution in [0.3, 0.4) is 0 Å². The molecule has 20 heavy (non-hydrogen) atoms. The van der Waals surface area contributed by atoms with Crippen LogP contribution in [0.2, 0.25) is 0 Å². The Labute approximate surface area is 118 Å². The second-order valence-electron chi connectivity index (χ2n) is 5.44. The molecule has 108 valence electrons. The molecule has 0 aromatic carbocycles.